The number of aromatic nitrogens is 2. The second-order valence-corrected chi connectivity index (χ2v) is 7.00. The van der Waals surface area contributed by atoms with Crippen LogP contribution >= 0.6 is 11.8 Å². The van der Waals surface area contributed by atoms with Crippen LogP contribution in [0.1, 0.15) is 22.4 Å². The Morgan fingerprint density at radius 1 is 0.889 bits per heavy atom. The summed E-state index contributed by atoms with van der Waals surface area (Å²) in [4.78, 5) is 7.77. The zero-order chi connectivity index (χ0) is 19.4. The highest BCUT2D eigenvalue weighted by Crippen LogP contribution is 2.33. The third kappa shape index (κ3) is 5.47. The maximum atomic E-state index is 13.2. The number of hydrogen-bond acceptors (Lipinski definition) is 4. The molecule has 0 saturated heterocycles. The van der Waals surface area contributed by atoms with Crippen molar-refractivity contribution in [3.63, 3.8) is 0 Å². The Balaban J connectivity index is 1.83. The zero-order valence-electron chi connectivity index (χ0n) is 14.7. The average molecular weight is 390 g/mol. The Kier molecular flexibility index (Phi) is 5.70. The number of alkyl halides is 3. The number of halogens is 3. The van der Waals surface area contributed by atoms with E-state index in [4.69, 9.17) is 4.74 Å². The number of aryl methyl sites for hydroxylation is 2. The summed E-state index contributed by atoms with van der Waals surface area (Å²) in [6.45, 7) is 3.89. The Bertz CT molecular complexity index is 910. The molecule has 0 unspecified atom stereocenters. The molecular weight excluding hydrogens is 373 g/mol. The molecule has 0 bridgehead atoms. The Morgan fingerprint density at radius 2 is 1.48 bits per heavy atom. The molecule has 140 valence electrons. The summed E-state index contributed by atoms with van der Waals surface area (Å²) in [5.41, 5.74) is 2.10. The fraction of sp³-hybridized carbons (Fsp3) is 0.200. The van der Waals surface area contributed by atoms with E-state index in [9.17, 15) is 13.2 Å². The van der Waals surface area contributed by atoms with E-state index in [-0.39, 0.29) is 11.0 Å². The largest absolute Gasteiger partial charge is 0.439 e. The summed E-state index contributed by atoms with van der Waals surface area (Å²) in [5, 5.41) is 0.0208. The van der Waals surface area contributed by atoms with Crippen LogP contribution in [0.5, 0.6) is 11.6 Å². The Hall–Kier alpha value is -2.54. The van der Waals surface area contributed by atoms with Gasteiger partial charge in [0.25, 0.3) is 0 Å². The number of ether oxygens (including phenoxy) is 1. The van der Waals surface area contributed by atoms with Crippen molar-refractivity contribution in [2.75, 3.05) is 0 Å². The van der Waals surface area contributed by atoms with E-state index in [1.165, 1.54) is 0 Å². The Labute approximate surface area is 159 Å². The lowest BCUT2D eigenvalue weighted by atomic mass is 10.2. The predicted molar refractivity (Wildman–Crippen MR) is 99.0 cm³/mol. The first kappa shape index (κ1) is 19.2. The minimum atomic E-state index is -4.58. The summed E-state index contributed by atoms with van der Waals surface area (Å²) >= 11 is 1.13. The van der Waals surface area contributed by atoms with Crippen molar-refractivity contribution < 1.29 is 17.9 Å². The minimum Gasteiger partial charge on any atom is -0.439 e. The molecular formula is C20H17F3N2OS. The molecule has 0 aliphatic rings. The van der Waals surface area contributed by atoms with Crippen LogP contribution in [-0.4, -0.2) is 9.97 Å². The molecule has 3 rings (SSSR count). The van der Waals surface area contributed by atoms with E-state index in [1.54, 1.807) is 12.1 Å². The maximum absolute atomic E-state index is 13.2. The molecule has 0 fully saturated rings. The van der Waals surface area contributed by atoms with Crippen LogP contribution in [0.3, 0.4) is 0 Å². The molecule has 3 aromatic rings. The highest BCUT2D eigenvalue weighted by Gasteiger charge is 2.34. The van der Waals surface area contributed by atoms with Gasteiger partial charge in [0.1, 0.15) is 5.75 Å². The van der Waals surface area contributed by atoms with Crippen molar-refractivity contribution in [3.05, 3.63) is 77.0 Å². The van der Waals surface area contributed by atoms with E-state index in [2.05, 4.69) is 9.97 Å². The summed E-state index contributed by atoms with van der Waals surface area (Å²) in [6.07, 6.45) is -4.58. The van der Waals surface area contributed by atoms with Crippen LogP contribution in [0.4, 0.5) is 13.2 Å². The van der Waals surface area contributed by atoms with Gasteiger partial charge >= 0.3 is 6.18 Å². The highest BCUT2D eigenvalue weighted by atomic mass is 32.2. The van der Waals surface area contributed by atoms with Gasteiger partial charge in [0, 0.05) is 11.8 Å². The molecule has 0 atom stereocenters. The quantitative estimate of drug-likeness (QED) is 0.384. The smallest absolute Gasteiger partial charge is 0.433 e. The summed E-state index contributed by atoms with van der Waals surface area (Å²) in [5.74, 6) is 0.750. The van der Waals surface area contributed by atoms with Crippen LogP contribution in [0.2, 0.25) is 0 Å². The fourth-order valence-electron chi connectivity index (χ4n) is 2.23. The van der Waals surface area contributed by atoms with E-state index < -0.39 is 11.9 Å². The molecule has 27 heavy (non-hydrogen) atoms. The Morgan fingerprint density at radius 3 is 2.07 bits per heavy atom. The van der Waals surface area contributed by atoms with Gasteiger partial charge in [-0.15, -0.1) is 0 Å². The lowest BCUT2D eigenvalue weighted by Gasteiger charge is -2.11. The number of nitrogens with zero attached hydrogens (tertiary/aromatic N) is 2. The van der Waals surface area contributed by atoms with Crippen LogP contribution < -0.4 is 4.74 Å². The standard InChI is InChI=1S/C20H17F3N2OS/c1-13-3-7-15(8-4-13)12-27-19-24-17(20(21,22)23)11-18(25-19)26-16-9-5-14(2)6-10-16/h3-11H,12H2,1-2H3. The first-order valence-electron chi connectivity index (χ1n) is 8.19. The normalized spacial score (nSPS) is 11.4. The second-order valence-electron chi connectivity index (χ2n) is 6.06. The van der Waals surface area contributed by atoms with Gasteiger partial charge in [0.2, 0.25) is 5.88 Å². The SMILES string of the molecule is Cc1ccc(CSc2nc(Oc3ccc(C)cc3)cc(C(F)(F)F)n2)cc1. The summed E-state index contributed by atoms with van der Waals surface area (Å²) < 4.78 is 45.1. The molecule has 0 aliphatic carbocycles. The van der Waals surface area contributed by atoms with Crippen LogP contribution in [0, 0.1) is 13.8 Å². The minimum absolute atomic E-state index is 0.0208. The third-order valence-electron chi connectivity index (χ3n) is 3.70. The van der Waals surface area contributed by atoms with Crippen molar-refractivity contribution in [1.29, 1.82) is 0 Å². The van der Waals surface area contributed by atoms with Crippen molar-refractivity contribution >= 4 is 11.8 Å². The first-order valence-corrected chi connectivity index (χ1v) is 9.17. The van der Waals surface area contributed by atoms with Gasteiger partial charge < -0.3 is 4.74 Å². The van der Waals surface area contributed by atoms with Gasteiger partial charge in [-0.2, -0.15) is 18.2 Å². The lowest BCUT2D eigenvalue weighted by molar-refractivity contribution is -0.141. The molecule has 2 aromatic carbocycles. The van der Waals surface area contributed by atoms with Gasteiger partial charge in [-0.3, -0.25) is 0 Å². The van der Waals surface area contributed by atoms with E-state index in [0.717, 1.165) is 34.5 Å². The van der Waals surface area contributed by atoms with Gasteiger partial charge in [0.05, 0.1) is 0 Å². The van der Waals surface area contributed by atoms with Crippen LogP contribution in [-0.2, 0) is 11.9 Å². The van der Waals surface area contributed by atoms with Crippen LogP contribution in [0.25, 0.3) is 0 Å². The maximum Gasteiger partial charge on any atom is 0.433 e. The van der Waals surface area contributed by atoms with E-state index in [1.807, 2.05) is 50.2 Å². The molecule has 0 aliphatic heterocycles. The van der Waals surface area contributed by atoms with Crippen LogP contribution in [0.15, 0.2) is 59.8 Å². The highest BCUT2D eigenvalue weighted by molar-refractivity contribution is 7.98. The van der Waals surface area contributed by atoms with E-state index >= 15 is 0 Å². The van der Waals surface area contributed by atoms with Gasteiger partial charge in [0.15, 0.2) is 10.9 Å². The van der Waals surface area contributed by atoms with Crippen molar-refractivity contribution in [2.45, 2.75) is 30.9 Å². The number of hydrogen-bond donors (Lipinski definition) is 0. The zero-order valence-corrected chi connectivity index (χ0v) is 15.6. The van der Waals surface area contributed by atoms with Gasteiger partial charge in [-0.05, 0) is 31.5 Å². The number of thioether (sulfide) groups is 1. The van der Waals surface area contributed by atoms with Gasteiger partial charge in [-0.25, -0.2) is 4.98 Å². The number of benzene rings is 2. The molecule has 0 radical (unpaired) electrons. The molecule has 0 spiro atoms. The molecule has 1 aromatic heterocycles. The van der Waals surface area contributed by atoms with Crippen molar-refractivity contribution in [3.8, 4) is 11.6 Å². The third-order valence-corrected chi connectivity index (χ3v) is 4.62. The first-order chi connectivity index (χ1) is 12.8. The summed E-state index contributed by atoms with van der Waals surface area (Å²) in [6, 6.07) is 15.6. The average Bonchev–Trinajstić information content (AvgIpc) is 2.62. The predicted octanol–water partition coefficient (Wildman–Crippen LogP) is 6.20. The van der Waals surface area contributed by atoms with Gasteiger partial charge in [-0.1, -0.05) is 59.3 Å². The molecule has 1 heterocycles. The topological polar surface area (TPSA) is 35.0 Å². The molecule has 7 heteroatoms. The molecule has 3 nitrogen and oxygen atoms in total. The molecule has 0 saturated carbocycles. The monoisotopic (exact) mass is 390 g/mol. The lowest BCUT2D eigenvalue weighted by Crippen LogP contribution is -2.10. The second kappa shape index (κ2) is 8.00. The fourth-order valence-corrected chi connectivity index (χ4v) is 3.03. The van der Waals surface area contributed by atoms with Crippen molar-refractivity contribution in [1.82, 2.24) is 9.97 Å². The van der Waals surface area contributed by atoms with E-state index in [0.29, 0.717) is 11.5 Å². The molecule has 0 amide bonds. The summed E-state index contributed by atoms with van der Waals surface area (Å²) in [7, 11) is 0. The number of rotatable bonds is 5. The van der Waals surface area contributed by atoms with Crippen molar-refractivity contribution in [2.24, 2.45) is 0 Å². The molecule has 0 N–H and O–H groups in total.